The smallest absolute Gasteiger partial charge is 0.197 e. The third-order valence-corrected chi connectivity index (χ3v) is 2.36. The minimum absolute atomic E-state index is 0.241. The lowest BCUT2D eigenvalue weighted by molar-refractivity contribution is -0.137. The second kappa shape index (κ2) is 4.38. The molecule has 14 heavy (non-hydrogen) atoms. The Balaban J connectivity index is 2.75. The maximum Gasteiger partial charge on any atom is 0.416 e. The van der Waals surface area contributed by atoms with Gasteiger partial charge in [0.05, 0.1) is 17.4 Å². The van der Waals surface area contributed by atoms with Gasteiger partial charge in [0.1, 0.15) is 0 Å². The average Bonchev–Trinajstić information content (AvgIpc) is 2.14. The van der Waals surface area contributed by atoms with E-state index in [9.17, 15) is 13.2 Å². The third kappa shape index (κ3) is 2.96. The second-order valence-corrected chi connectivity index (χ2v) is 3.52. The highest BCUT2D eigenvalue weighted by molar-refractivity contribution is 7.99. The molecule has 5 heteroatoms. The summed E-state index contributed by atoms with van der Waals surface area (Å²) in [5, 5.41) is 8.26. The molecule has 0 unspecified atom stereocenters. The van der Waals surface area contributed by atoms with Crippen LogP contribution in [-0.2, 0) is 6.18 Å². The van der Waals surface area contributed by atoms with Crippen LogP contribution in [0, 0.1) is 11.3 Å². The molecule has 1 aromatic carbocycles. The van der Waals surface area contributed by atoms with Crippen LogP contribution < -0.4 is 0 Å². The Morgan fingerprint density at radius 3 is 2.21 bits per heavy atom. The predicted octanol–water partition coefficient (Wildman–Crippen LogP) is 3.32. The molecule has 0 atom stereocenters. The van der Waals surface area contributed by atoms with Gasteiger partial charge in [0.15, 0.2) is 0 Å². The Hall–Kier alpha value is -1.15. The Kier molecular flexibility index (Phi) is 3.42. The van der Waals surface area contributed by atoms with E-state index in [4.69, 9.17) is 5.26 Å². The zero-order chi connectivity index (χ0) is 10.6. The monoisotopic (exact) mass is 217 g/mol. The first kappa shape index (κ1) is 10.9. The number of halogens is 3. The van der Waals surface area contributed by atoms with Gasteiger partial charge in [-0.15, -0.1) is 11.8 Å². The lowest BCUT2D eigenvalue weighted by Crippen LogP contribution is -2.03. The quantitative estimate of drug-likeness (QED) is 0.709. The molecule has 0 heterocycles. The normalized spacial score (nSPS) is 11.0. The summed E-state index contributed by atoms with van der Waals surface area (Å²) < 4.78 is 36.3. The van der Waals surface area contributed by atoms with Crippen LogP contribution >= 0.6 is 11.8 Å². The van der Waals surface area contributed by atoms with Gasteiger partial charge < -0.3 is 0 Å². The molecular weight excluding hydrogens is 211 g/mol. The van der Waals surface area contributed by atoms with Gasteiger partial charge in [-0.3, -0.25) is 0 Å². The van der Waals surface area contributed by atoms with Crippen molar-refractivity contribution in [3.63, 3.8) is 0 Å². The fourth-order valence-electron chi connectivity index (χ4n) is 0.856. The molecule has 0 saturated carbocycles. The minimum Gasteiger partial charge on any atom is -0.197 e. The molecule has 0 bridgehead atoms. The van der Waals surface area contributed by atoms with E-state index >= 15 is 0 Å². The summed E-state index contributed by atoms with van der Waals surface area (Å²) in [6.07, 6.45) is -4.29. The summed E-state index contributed by atoms with van der Waals surface area (Å²) >= 11 is 1.21. The molecule has 0 aliphatic carbocycles. The number of alkyl halides is 3. The first-order chi connectivity index (χ1) is 6.54. The van der Waals surface area contributed by atoms with E-state index in [1.165, 1.54) is 23.9 Å². The first-order valence-corrected chi connectivity index (χ1v) is 4.69. The molecule has 74 valence electrons. The highest BCUT2D eigenvalue weighted by atomic mass is 32.2. The van der Waals surface area contributed by atoms with Gasteiger partial charge in [-0.1, -0.05) is 0 Å². The van der Waals surface area contributed by atoms with Crippen LogP contribution in [0.2, 0.25) is 0 Å². The van der Waals surface area contributed by atoms with Crippen molar-refractivity contribution in [2.75, 3.05) is 5.75 Å². The number of thioether (sulfide) groups is 1. The van der Waals surface area contributed by atoms with Crippen molar-refractivity contribution >= 4 is 11.8 Å². The summed E-state index contributed by atoms with van der Waals surface area (Å²) in [4.78, 5) is 0.666. The van der Waals surface area contributed by atoms with E-state index in [-0.39, 0.29) is 5.75 Å². The number of rotatable bonds is 2. The van der Waals surface area contributed by atoms with Gasteiger partial charge in [0, 0.05) is 4.90 Å². The molecule has 0 fully saturated rings. The molecule has 0 saturated heterocycles. The maximum atomic E-state index is 12.1. The topological polar surface area (TPSA) is 23.8 Å². The van der Waals surface area contributed by atoms with Crippen LogP contribution in [0.5, 0.6) is 0 Å². The molecule has 0 spiro atoms. The van der Waals surface area contributed by atoms with Crippen LogP contribution in [0.1, 0.15) is 5.56 Å². The van der Waals surface area contributed by atoms with Crippen LogP contribution in [-0.4, -0.2) is 5.75 Å². The molecule has 1 aromatic rings. The molecule has 0 radical (unpaired) electrons. The highest BCUT2D eigenvalue weighted by Crippen LogP contribution is 2.30. The molecule has 1 nitrogen and oxygen atoms in total. The maximum absolute atomic E-state index is 12.1. The van der Waals surface area contributed by atoms with Crippen molar-refractivity contribution in [2.45, 2.75) is 11.1 Å². The lowest BCUT2D eigenvalue weighted by Gasteiger charge is -2.06. The molecule has 1 rings (SSSR count). The molecular formula is C9H6F3NS. The van der Waals surface area contributed by atoms with Crippen LogP contribution in [0.15, 0.2) is 29.2 Å². The second-order valence-electron chi connectivity index (χ2n) is 2.47. The fourth-order valence-corrected chi connectivity index (χ4v) is 1.42. The molecule has 0 aliphatic rings. The zero-order valence-electron chi connectivity index (χ0n) is 7.01. The molecule has 0 amide bonds. The summed E-state index contributed by atoms with van der Waals surface area (Å²) in [6.45, 7) is 0. The highest BCUT2D eigenvalue weighted by Gasteiger charge is 2.29. The number of benzene rings is 1. The summed E-state index contributed by atoms with van der Waals surface area (Å²) in [6, 6.07) is 6.66. The van der Waals surface area contributed by atoms with E-state index in [1.54, 1.807) is 0 Å². The summed E-state index contributed by atoms with van der Waals surface area (Å²) in [5.41, 5.74) is -0.668. The van der Waals surface area contributed by atoms with Gasteiger partial charge in [-0.25, -0.2) is 0 Å². The van der Waals surface area contributed by atoms with E-state index < -0.39 is 11.7 Å². The average molecular weight is 217 g/mol. The fraction of sp³-hybridized carbons (Fsp3) is 0.222. The molecule has 0 aliphatic heterocycles. The van der Waals surface area contributed by atoms with Crippen molar-refractivity contribution in [2.24, 2.45) is 0 Å². The van der Waals surface area contributed by atoms with Crippen LogP contribution in [0.25, 0.3) is 0 Å². The van der Waals surface area contributed by atoms with Gasteiger partial charge in [0.25, 0.3) is 0 Å². The van der Waals surface area contributed by atoms with Crippen molar-refractivity contribution in [3.8, 4) is 6.07 Å². The number of hydrogen-bond acceptors (Lipinski definition) is 2. The first-order valence-electron chi connectivity index (χ1n) is 3.71. The van der Waals surface area contributed by atoms with E-state index in [1.807, 2.05) is 6.07 Å². The Labute approximate surface area is 83.5 Å². The van der Waals surface area contributed by atoms with Crippen LogP contribution in [0.4, 0.5) is 13.2 Å². The van der Waals surface area contributed by atoms with Gasteiger partial charge in [0.2, 0.25) is 0 Å². The number of nitrogens with zero attached hydrogens (tertiary/aromatic N) is 1. The molecule has 0 N–H and O–H groups in total. The SMILES string of the molecule is N#CCSc1ccc(C(F)(F)F)cc1. The van der Waals surface area contributed by atoms with Crippen molar-refractivity contribution < 1.29 is 13.2 Å². The van der Waals surface area contributed by atoms with Crippen molar-refractivity contribution in [1.82, 2.24) is 0 Å². The van der Waals surface area contributed by atoms with E-state index in [0.717, 1.165) is 12.1 Å². The van der Waals surface area contributed by atoms with Crippen molar-refractivity contribution in [1.29, 1.82) is 5.26 Å². The largest absolute Gasteiger partial charge is 0.416 e. The summed E-state index contributed by atoms with van der Waals surface area (Å²) in [5.74, 6) is 0.241. The molecule has 0 aromatic heterocycles. The van der Waals surface area contributed by atoms with Crippen LogP contribution in [0.3, 0.4) is 0 Å². The number of hydrogen-bond donors (Lipinski definition) is 0. The van der Waals surface area contributed by atoms with Crippen molar-refractivity contribution in [3.05, 3.63) is 29.8 Å². The Bertz CT molecular complexity index is 337. The Morgan fingerprint density at radius 1 is 1.21 bits per heavy atom. The zero-order valence-corrected chi connectivity index (χ0v) is 7.82. The summed E-state index contributed by atoms with van der Waals surface area (Å²) in [7, 11) is 0. The van der Waals surface area contributed by atoms with E-state index in [2.05, 4.69) is 0 Å². The minimum atomic E-state index is -4.29. The van der Waals surface area contributed by atoms with E-state index in [0.29, 0.717) is 4.90 Å². The lowest BCUT2D eigenvalue weighted by atomic mass is 10.2. The third-order valence-electron chi connectivity index (χ3n) is 1.49. The van der Waals surface area contributed by atoms with Gasteiger partial charge in [-0.2, -0.15) is 18.4 Å². The van der Waals surface area contributed by atoms with Gasteiger partial charge in [-0.05, 0) is 24.3 Å². The van der Waals surface area contributed by atoms with Gasteiger partial charge >= 0.3 is 6.18 Å². The number of nitriles is 1. The predicted molar refractivity (Wildman–Crippen MR) is 47.8 cm³/mol. The standard InChI is InChI=1S/C9H6F3NS/c10-9(11,12)7-1-3-8(4-2-7)14-6-5-13/h1-4H,6H2. The Morgan fingerprint density at radius 2 is 1.79 bits per heavy atom.